The van der Waals surface area contributed by atoms with E-state index in [1.807, 2.05) is 0 Å². The maximum absolute atomic E-state index is 12.1. The summed E-state index contributed by atoms with van der Waals surface area (Å²) >= 11 is 0. The fourth-order valence-corrected chi connectivity index (χ4v) is 2.39. The second-order valence-electron chi connectivity index (χ2n) is 6.57. The molecular weight excluding hydrogens is 398 g/mol. The van der Waals surface area contributed by atoms with Gasteiger partial charge >= 0.3 is 12.1 Å². The molecule has 1 aromatic carbocycles. The molecule has 1 aliphatic rings. The molecule has 1 heterocycles. The van der Waals surface area contributed by atoms with Crippen LogP contribution in [-0.2, 0) is 40.0 Å². The minimum absolute atomic E-state index is 0.00571. The van der Waals surface area contributed by atoms with E-state index in [0.717, 1.165) is 0 Å². The fraction of sp³-hybridized carbons (Fsp3) is 0.500. The number of imide groups is 1. The van der Waals surface area contributed by atoms with Crippen molar-refractivity contribution < 1.29 is 43.0 Å². The zero-order valence-corrected chi connectivity index (χ0v) is 17.0. The van der Waals surface area contributed by atoms with Gasteiger partial charge in [0.25, 0.3) is 11.8 Å². The van der Waals surface area contributed by atoms with Crippen molar-refractivity contribution in [1.29, 1.82) is 0 Å². The number of rotatable bonds is 11. The molecule has 2 rings (SSSR count). The van der Waals surface area contributed by atoms with Crippen LogP contribution in [0, 0.1) is 5.92 Å². The molecule has 0 bridgehead atoms. The minimum atomic E-state index is -1.16. The molecule has 1 aromatic rings. The average molecular weight is 423 g/mol. The Balaban J connectivity index is 1.71. The Morgan fingerprint density at radius 2 is 1.70 bits per heavy atom. The Morgan fingerprint density at radius 1 is 1.03 bits per heavy atom. The van der Waals surface area contributed by atoms with Crippen molar-refractivity contribution in [1.82, 2.24) is 5.06 Å². The summed E-state index contributed by atoms with van der Waals surface area (Å²) in [5.74, 6) is -1.52. The lowest BCUT2D eigenvalue weighted by atomic mass is 10.1. The first-order chi connectivity index (χ1) is 14.4. The molecule has 2 amide bonds. The number of hydrogen-bond donors (Lipinski definition) is 0. The number of ether oxygens (including phenoxy) is 4. The van der Waals surface area contributed by atoms with Crippen LogP contribution in [-0.4, -0.2) is 55.9 Å². The first-order valence-electron chi connectivity index (χ1n) is 9.48. The summed E-state index contributed by atoms with van der Waals surface area (Å²) in [6.45, 7) is 3.02. The molecule has 0 radical (unpaired) electrons. The predicted molar refractivity (Wildman–Crippen MR) is 101 cm³/mol. The van der Waals surface area contributed by atoms with Crippen molar-refractivity contribution in [3.05, 3.63) is 29.8 Å². The van der Waals surface area contributed by atoms with Gasteiger partial charge in [-0.25, -0.2) is 4.79 Å². The normalized spacial score (nSPS) is 14.5. The molecule has 1 aliphatic heterocycles. The third kappa shape index (κ3) is 7.45. The van der Waals surface area contributed by atoms with E-state index >= 15 is 0 Å². The molecule has 0 saturated carbocycles. The van der Waals surface area contributed by atoms with Crippen LogP contribution in [0.15, 0.2) is 24.3 Å². The van der Waals surface area contributed by atoms with Crippen LogP contribution in [0.25, 0.3) is 0 Å². The van der Waals surface area contributed by atoms with Crippen LogP contribution < -0.4 is 4.74 Å². The Bertz CT molecular complexity index is 731. The van der Waals surface area contributed by atoms with Crippen LogP contribution >= 0.6 is 0 Å². The Hall–Kier alpha value is -2.98. The molecule has 0 N–H and O–H groups in total. The average Bonchev–Trinajstić information content (AvgIpc) is 3.05. The molecule has 0 aromatic heterocycles. The van der Waals surface area contributed by atoms with Gasteiger partial charge in [0.05, 0.1) is 19.1 Å². The monoisotopic (exact) mass is 423 g/mol. The number of carbonyl (C=O) groups excluding carboxylic acids is 4. The summed E-state index contributed by atoms with van der Waals surface area (Å²) in [6, 6.07) is 6.36. The summed E-state index contributed by atoms with van der Waals surface area (Å²) < 4.78 is 20.4. The van der Waals surface area contributed by atoms with Gasteiger partial charge in [0.1, 0.15) is 12.4 Å². The maximum atomic E-state index is 12.1. The van der Waals surface area contributed by atoms with E-state index < -0.39 is 18.0 Å². The number of hydrogen-bond acceptors (Lipinski definition) is 9. The minimum Gasteiger partial charge on any atom is -0.428 e. The zero-order valence-electron chi connectivity index (χ0n) is 17.0. The van der Waals surface area contributed by atoms with Crippen molar-refractivity contribution >= 4 is 23.9 Å². The van der Waals surface area contributed by atoms with E-state index in [0.29, 0.717) is 42.6 Å². The van der Waals surface area contributed by atoms with E-state index in [1.165, 1.54) is 0 Å². The van der Waals surface area contributed by atoms with Gasteiger partial charge in [0.2, 0.25) is 0 Å². The summed E-state index contributed by atoms with van der Waals surface area (Å²) in [4.78, 5) is 51.1. The third-order valence-corrected chi connectivity index (χ3v) is 4.20. The molecule has 30 heavy (non-hydrogen) atoms. The lowest BCUT2D eigenvalue weighted by Gasteiger charge is -2.13. The molecule has 0 aliphatic carbocycles. The number of nitrogens with zero attached hydrogens (tertiary/aromatic N) is 1. The van der Waals surface area contributed by atoms with E-state index in [2.05, 4.69) is 4.84 Å². The van der Waals surface area contributed by atoms with E-state index in [9.17, 15) is 19.2 Å². The zero-order chi connectivity index (χ0) is 21.9. The lowest BCUT2D eigenvalue weighted by molar-refractivity contribution is -0.177. The molecule has 1 saturated heterocycles. The van der Waals surface area contributed by atoms with Crippen molar-refractivity contribution in [2.24, 2.45) is 5.92 Å². The van der Waals surface area contributed by atoms with Gasteiger partial charge in [-0.2, -0.15) is 0 Å². The Labute approximate surface area is 173 Å². The molecule has 10 nitrogen and oxygen atoms in total. The summed E-state index contributed by atoms with van der Waals surface area (Å²) in [6.07, 6.45) is -0.619. The summed E-state index contributed by atoms with van der Waals surface area (Å²) in [5, 5.41) is 0.411. The molecule has 1 unspecified atom stereocenters. The first kappa shape index (κ1) is 23.3. The fourth-order valence-electron chi connectivity index (χ4n) is 2.39. The molecule has 1 fully saturated rings. The van der Waals surface area contributed by atoms with Crippen LogP contribution in [0.4, 0.5) is 4.79 Å². The molecule has 164 valence electrons. The Morgan fingerprint density at radius 3 is 2.33 bits per heavy atom. The molecular formula is C20H25NO9. The van der Waals surface area contributed by atoms with Crippen LogP contribution in [0.3, 0.4) is 0 Å². The second-order valence-corrected chi connectivity index (χ2v) is 6.57. The molecule has 10 heteroatoms. The number of methoxy groups -OCH3 is 1. The highest BCUT2D eigenvalue weighted by molar-refractivity contribution is 6.01. The second kappa shape index (κ2) is 11.9. The quantitative estimate of drug-likeness (QED) is 0.228. The largest absolute Gasteiger partial charge is 0.534 e. The van der Waals surface area contributed by atoms with E-state index in [4.69, 9.17) is 18.9 Å². The first-order valence-corrected chi connectivity index (χ1v) is 9.48. The SMILES string of the molecule is COCCOCCC(C)C(=O)Oc1ccc(COC(=O)ON2C(=O)CCC2=O)cc1. The van der Waals surface area contributed by atoms with Gasteiger partial charge in [-0.15, -0.1) is 0 Å². The lowest BCUT2D eigenvalue weighted by Crippen LogP contribution is -2.32. The summed E-state index contributed by atoms with van der Waals surface area (Å²) in [7, 11) is 1.59. The number of hydroxylamine groups is 2. The van der Waals surface area contributed by atoms with Crippen molar-refractivity contribution in [2.45, 2.75) is 32.8 Å². The maximum Gasteiger partial charge on any atom is 0.534 e. The predicted octanol–water partition coefficient (Wildman–Crippen LogP) is 2.00. The van der Waals surface area contributed by atoms with Gasteiger partial charge in [-0.1, -0.05) is 24.1 Å². The van der Waals surface area contributed by atoms with Gasteiger partial charge in [-0.05, 0) is 24.1 Å². The van der Waals surface area contributed by atoms with Crippen LogP contribution in [0.5, 0.6) is 5.75 Å². The summed E-state index contributed by atoms with van der Waals surface area (Å²) in [5.41, 5.74) is 0.602. The van der Waals surface area contributed by atoms with Gasteiger partial charge in [-0.3, -0.25) is 19.2 Å². The van der Waals surface area contributed by atoms with Gasteiger partial charge in [0.15, 0.2) is 0 Å². The van der Waals surface area contributed by atoms with E-state index in [1.54, 1.807) is 38.3 Å². The highest BCUT2D eigenvalue weighted by Gasteiger charge is 2.33. The smallest absolute Gasteiger partial charge is 0.428 e. The van der Waals surface area contributed by atoms with Crippen molar-refractivity contribution in [2.75, 3.05) is 26.9 Å². The standard InChI is InChI=1S/C20H25NO9/c1-14(9-10-27-12-11-26-2)19(24)29-16-5-3-15(4-6-16)13-28-20(25)30-21-17(22)7-8-18(21)23/h3-6,14H,7-13H2,1-2H3. The highest BCUT2D eigenvalue weighted by atomic mass is 16.8. The Kier molecular flexibility index (Phi) is 9.23. The van der Waals surface area contributed by atoms with E-state index in [-0.39, 0.29) is 31.3 Å². The van der Waals surface area contributed by atoms with Gasteiger partial charge < -0.3 is 18.9 Å². The highest BCUT2D eigenvalue weighted by Crippen LogP contribution is 2.17. The number of benzene rings is 1. The molecule has 1 atom stereocenters. The number of esters is 1. The van der Waals surface area contributed by atoms with Crippen molar-refractivity contribution in [3.63, 3.8) is 0 Å². The number of amides is 2. The molecule has 0 spiro atoms. The van der Waals surface area contributed by atoms with Crippen molar-refractivity contribution in [3.8, 4) is 5.75 Å². The topological polar surface area (TPSA) is 118 Å². The van der Waals surface area contributed by atoms with Crippen LogP contribution in [0.2, 0.25) is 0 Å². The van der Waals surface area contributed by atoms with Gasteiger partial charge in [0, 0.05) is 26.6 Å². The third-order valence-electron chi connectivity index (χ3n) is 4.20. The number of carbonyl (C=O) groups is 4. The van der Waals surface area contributed by atoms with Crippen LogP contribution in [0.1, 0.15) is 31.7 Å².